The van der Waals surface area contributed by atoms with Gasteiger partial charge in [0.15, 0.2) is 5.17 Å². The number of hydrogen-bond donors (Lipinski definition) is 1. The fourth-order valence-corrected chi connectivity index (χ4v) is 7.28. The summed E-state index contributed by atoms with van der Waals surface area (Å²) in [6.45, 7) is 5.53. The van der Waals surface area contributed by atoms with Crippen LogP contribution in [0.15, 0.2) is 128 Å². The van der Waals surface area contributed by atoms with Gasteiger partial charge in [0.25, 0.3) is 5.91 Å². The van der Waals surface area contributed by atoms with Crippen LogP contribution in [0.5, 0.6) is 0 Å². The number of hydrogen-bond acceptors (Lipinski definition) is 8. The first-order chi connectivity index (χ1) is 21.5. The normalized spacial score (nSPS) is 17.4. The molecule has 0 bridgehead atoms. The van der Waals surface area contributed by atoms with Crippen LogP contribution in [0.3, 0.4) is 0 Å². The maximum absolute atomic E-state index is 14.1. The van der Waals surface area contributed by atoms with Crippen molar-refractivity contribution in [1.29, 1.82) is 0 Å². The molecule has 0 unspecified atom stereocenters. The number of amidine groups is 1. The molecule has 0 spiro atoms. The lowest BCUT2D eigenvalue weighted by molar-refractivity contribution is -0.122. The Morgan fingerprint density at radius 2 is 1.59 bits per heavy atom. The lowest BCUT2D eigenvalue weighted by Gasteiger charge is -2.17. The Kier molecular flexibility index (Phi) is 9.04. The first-order valence-electron chi connectivity index (χ1n) is 14.5. The summed E-state index contributed by atoms with van der Waals surface area (Å²) < 4.78 is 0. The van der Waals surface area contributed by atoms with E-state index in [1.54, 1.807) is 16.7 Å². The number of nitrogens with zero attached hydrogens (tertiary/aromatic N) is 4. The van der Waals surface area contributed by atoms with Crippen molar-refractivity contribution in [3.63, 3.8) is 0 Å². The molecule has 2 heterocycles. The zero-order chi connectivity index (χ0) is 30.5. The monoisotopic (exact) mass is 619 g/mol. The van der Waals surface area contributed by atoms with E-state index >= 15 is 0 Å². The van der Waals surface area contributed by atoms with Crippen molar-refractivity contribution in [3.05, 3.63) is 130 Å². The first kappa shape index (κ1) is 29.6. The fraction of sp³-hybridized carbons (Fsp3) is 0.171. The quantitative estimate of drug-likeness (QED) is 0.116. The summed E-state index contributed by atoms with van der Waals surface area (Å²) in [5.74, 6) is -0.0482. The van der Waals surface area contributed by atoms with Gasteiger partial charge in [-0.3, -0.25) is 9.69 Å². The van der Waals surface area contributed by atoms with Gasteiger partial charge in [-0.25, -0.2) is 4.99 Å². The number of rotatable bonds is 9. The van der Waals surface area contributed by atoms with Crippen molar-refractivity contribution in [2.45, 2.75) is 31.9 Å². The van der Waals surface area contributed by atoms with Crippen LogP contribution in [0.25, 0.3) is 0 Å². The fourth-order valence-electron chi connectivity index (χ4n) is 4.95. The number of carbonyl (C=O) groups is 1. The number of anilines is 2. The van der Waals surface area contributed by atoms with Crippen LogP contribution in [-0.4, -0.2) is 35.3 Å². The lowest BCUT2D eigenvalue weighted by Crippen LogP contribution is -2.29. The summed E-state index contributed by atoms with van der Waals surface area (Å²) in [7, 11) is 2.01. The van der Waals surface area contributed by atoms with Crippen LogP contribution in [-0.2, 0) is 22.8 Å². The highest BCUT2D eigenvalue weighted by atomic mass is 32.2. The van der Waals surface area contributed by atoms with Gasteiger partial charge in [-0.15, -0.1) is 0 Å². The number of thioether (sulfide) groups is 2. The predicted octanol–water partition coefficient (Wildman–Crippen LogP) is 8.23. The Labute approximate surface area is 266 Å². The van der Waals surface area contributed by atoms with Gasteiger partial charge in [-0.05, 0) is 61.0 Å². The average Bonchev–Trinajstić information content (AvgIpc) is 3.54. The van der Waals surface area contributed by atoms with Gasteiger partial charge in [0.1, 0.15) is 11.5 Å². The Bertz CT molecular complexity index is 1760. The van der Waals surface area contributed by atoms with Gasteiger partial charge >= 0.3 is 0 Å². The van der Waals surface area contributed by atoms with Crippen LogP contribution in [0.4, 0.5) is 17.1 Å². The van der Waals surface area contributed by atoms with E-state index < -0.39 is 0 Å². The van der Waals surface area contributed by atoms with Crippen LogP contribution in [0, 0.1) is 0 Å². The second-order valence-corrected chi connectivity index (χ2v) is 12.3. The number of carbonyl (C=O) groups excluding carboxylic acids is 1. The standard InChI is InChI=1S/C35H33N5O2S2/c1-4-36-28-20-19-27(24(2)38-42-23-26-15-9-6-10-16-26)21-29(28)37-35-40(22-25-13-7-5-8-14-25)33(41)32(44-35)34-39(3)30-17-11-12-18-31(30)43-34/h5-21,36H,4,22-23H2,1-3H3/b34-32-,37-35?,38-24+. The topological polar surface area (TPSA) is 69.5 Å². The van der Waals surface area contributed by atoms with Gasteiger partial charge in [0.2, 0.25) is 0 Å². The molecule has 222 valence electrons. The summed E-state index contributed by atoms with van der Waals surface area (Å²) in [6, 6.07) is 34.2. The van der Waals surface area contributed by atoms with Crippen molar-refractivity contribution in [2.24, 2.45) is 10.1 Å². The van der Waals surface area contributed by atoms with E-state index in [0.717, 1.165) is 55.9 Å². The van der Waals surface area contributed by atoms with E-state index in [4.69, 9.17) is 9.83 Å². The van der Waals surface area contributed by atoms with Crippen molar-refractivity contribution in [3.8, 4) is 0 Å². The second-order valence-electron chi connectivity index (χ2n) is 10.3. The Morgan fingerprint density at radius 1 is 0.886 bits per heavy atom. The minimum atomic E-state index is -0.0482. The van der Waals surface area contributed by atoms with E-state index in [9.17, 15) is 4.79 Å². The Balaban J connectivity index is 1.35. The molecule has 6 rings (SSSR count). The van der Waals surface area contributed by atoms with Crippen LogP contribution < -0.4 is 10.2 Å². The van der Waals surface area contributed by atoms with Crippen molar-refractivity contribution in [2.75, 3.05) is 23.8 Å². The molecule has 0 saturated carbocycles. The van der Waals surface area contributed by atoms with Crippen molar-refractivity contribution >= 4 is 57.4 Å². The van der Waals surface area contributed by atoms with Crippen molar-refractivity contribution in [1.82, 2.24) is 4.90 Å². The molecule has 9 heteroatoms. The highest BCUT2D eigenvalue weighted by Crippen LogP contribution is 2.50. The average molecular weight is 620 g/mol. The minimum absolute atomic E-state index is 0.0482. The molecular weight excluding hydrogens is 587 g/mol. The molecule has 2 aliphatic rings. The molecule has 0 aliphatic carbocycles. The molecule has 0 aromatic heterocycles. The molecule has 1 N–H and O–H groups in total. The highest BCUT2D eigenvalue weighted by Gasteiger charge is 2.39. The van der Waals surface area contributed by atoms with E-state index in [-0.39, 0.29) is 5.91 Å². The SMILES string of the molecule is CCNc1ccc(/C(C)=N/OCc2ccccc2)cc1N=C1S/C(=C2\Sc3ccccc3N2C)C(=O)N1Cc1ccccc1. The summed E-state index contributed by atoms with van der Waals surface area (Å²) in [5, 5.41) is 9.36. The number of fused-ring (bicyclic) bond motifs is 1. The number of benzene rings is 4. The minimum Gasteiger partial charge on any atom is -0.391 e. The third-order valence-corrected chi connectivity index (χ3v) is 9.69. The summed E-state index contributed by atoms with van der Waals surface area (Å²) in [5.41, 5.74) is 6.44. The molecule has 44 heavy (non-hydrogen) atoms. The Morgan fingerprint density at radius 3 is 2.32 bits per heavy atom. The first-order valence-corrected chi connectivity index (χ1v) is 16.1. The maximum atomic E-state index is 14.1. The van der Waals surface area contributed by atoms with Crippen LogP contribution in [0.2, 0.25) is 0 Å². The van der Waals surface area contributed by atoms with Gasteiger partial charge in [0.05, 0.1) is 34.3 Å². The largest absolute Gasteiger partial charge is 0.391 e. The van der Waals surface area contributed by atoms with Crippen LogP contribution in [0.1, 0.15) is 30.5 Å². The van der Waals surface area contributed by atoms with E-state index in [2.05, 4.69) is 34.4 Å². The van der Waals surface area contributed by atoms with Gasteiger partial charge < -0.3 is 15.1 Å². The predicted molar refractivity (Wildman–Crippen MR) is 183 cm³/mol. The van der Waals surface area contributed by atoms with Crippen LogP contribution >= 0.6 is 23.5 Å². The number of oxime groups is 1. The highest BCUT2D eigenvalue weighted by molar-refractivity contribution is 8.19. The molecule has 2 aliphatic heterocycles. The zero-order valence-corrected chi connectivity index (χ0v) is 26.5. The van der Waals surface area contributed by atoms with Gasteiger partial charge in [-0.2, -0.15) is 0 Å². The third-order valence-electron chi connectivity index (χ3n) is 7.25. The molecule has 4 aromatic carbocycles. The molecule has 0 radical (unpaired) electrons. The summed E-state index contributed by atoms with van der Waals surface area (Å²) in [4.78, 5) is 30.6. The maximum Gasteiger partial charge on any atom is 0.269 e. The van der Waals surface area contributed by atoms with E-state index in [0.29, 0.717) is 23.2 Å². The molecule has 1 amide bonds. The molecule has 7 nitrogen and oxygen atoms in total. The Hall–Kier alpha value is -4.47. The lowest BCUT2D eigenvalue weighted by atomic mass is 10.1. The molecule has 1 saturated heterocycles. The van der Waals surface area contributed by atoms with E-state index in [1.807, 2.05) is 105 Å². The molecule has 4 aromatic rings. The van der Waals surface area contributed by atoms with Gasteiger partial charge in [-0.1, -0.05) is 95.8 Å². The number of amides is 1. The summed E-state index contributed by atoms with van der Waals surface area (Å²) in [6.07, 6.45) is 0. The van der Waals surface area contributed by atoms with Gasteiger partial charge in [0, 0.05) is 24.1 Å². The number of para-hydroxylation sites is 1. The smallest absolute Gasteiger partial charge is 0.269 e. The number of nitrogens with one attached hydrogen (secondary N) is 1. The molecule has 1 fully saturated rings. The zero-order valence-electron chi connectivity index (χ0n) is 24.9. The molecular formula is C35H33N5O2S2. The third kappa shape index (κ3) is 6.39. The van der Waals surface area contributed by atoms with Crippen molar-refractivity contribution < 1.29 is 9.63 Å². The van der Waals surface area contributed by atoms with E-state index in [1.165, 1.54) is 11.8 Å². The summed E-state index contributed by atoms with van der Waals surface area (Å²) >= 11 is 3.05. The second kappa shape index (κ2) is 13.4. The number of aliphatic imine (C=N–C) groups is 1. The molecule has 0 atom stereocenters.